The van der Waals surface area contributed by atoms with Crippen molar-refractivity contribution < 1.29 is 22.8 Å². The molecule has 144 valence electrons. The van der Waals surface area contributed by atoms with Crippen LogP contribution in [-0.2, 0) is 14.8 Å². The summed E-state index contributed by atoms with van der Waals surface area (Å²) in [5.74, 6) is -0.0704. The van der Waals surface area contributed by atoms with Gasteiger partial charge in [-0.3, -0.25) is 4.79 Å². The van der Waals surface area contributed by atoms with E-state index >= 15 is 0 Å². The number of carbonyl (C=O) groups is 1. The molecule has 0 spiro atoms. The molecular formula is C19H29N2O4S+. The van der Waals surface area contributed by atoms with Crippen molar-refractivity contribution in [3.63, 3.8) is 0 Å². The predicted octanol–water partition coefficient (Wildman–Crippen LogP) is 0.786. The monoisotopic (exact) mass is 381 g/mol. The number of ketones is 1. The molecule has 1 saturated heterocycles. The third-order valence-electron chi connectivity index (χ3n) is 5.83. The van der Waals surface area contributed by atoms with E-state index in [-0.39, 0.29) is 16.2 Å². The standard InChI is InChI=1S/C19H28N2O4S/c1-16(22)17-5-7-18(8-6-17)26(23,24)20-15-19(9-3-2-4-10-19)21-11-13-25-14-12-21/h5-8,20H,2-4,9-15H2,1H3/p+1. The number of nitrogens with one attached hydrogen (secondary N) is 2. The van der Waals surface area contributed by atoms with Gasteiger partial charge in [0.15, 0.2) is 5.78 Å². The molecule has 0 radical (unpaired) electrons. The van der Waals surface area contributed by atoms with Gasteiger partial charge in [-0.25, -0.2) is 13.1 Å². The Labute approximate surface area is 156 Å². The summed E-state index contributed by atoms with van der Waals surface area (Å²) in [5, 5.41) is 0. The lowest BCUT2D eigenvalue weighted by molar-refractivity contribution is -0.960. The molecule has 0 amide bonds. The van der Waals surface area contributed by atoms with Crippen LogP contribution in [0.5, 0.6) is 0 Å². The van der Waals surface area contributed by atoms with Gasteiger partial charge < -0.3 is 9.64 Å². The molecule has 0 unspecified atom stereocenters. The Balaban J connectivity index is 1.73. The number of hydrogen-bond acceptors (Lipinski definition) is 4. The van der Waals surface area contributed by atoms with Crippen LogP contribution >= 0.6 is 0 Å². The maximum Gasteiger partial charge on any atom is 0.240 e. The first-order valence-corrected chi connectivity index (χ1v) is 10.9. The van der Waals surface area contributed by atoms with Crippen molar-refractivity contribution in [2.75, 3.05) is 32.8 Å². The molecular weight excluding hydrogens is 352 g/mol. The third-order valence-corrected chi connectivity index (χ3v) is 7.25. The molecule has 3 rings (SSSR count). The first-order chi connectivity index (χ1) is 12.4. The summed E-state index contributed by atoms with van der Waals surface area (Å²) in [7, 11) is -3.58. The van der Waals surface area contributed by atoms with Gasteiger partial charge in [0.25, 0.3) is 0 Å². The van der Waals surface area contributed by atoms with Gasteiger partial charge in [-0.15, -0.1) is 0 Å². The molecule has 2 N–H and O–H groups in total. The Bertz CT molecular complexity index is 718. The van der Waals surface area contributed by atoms with Gasteiger partial charge in [-0.2, -0.15) is 0 Å². The fourth-order valence-electron chi connectivity index (χ4n) is 4.22. The lowest BCUT2D eigenvalue weighted by atomic mass is 9.80. The number of ether oxygens (including phenoxy) is 1. The van der Waals surface area contributed by atoms with Gasteiger partial charge in [0.2, 0.25) is 10.0 Å². The number of sulfonamides is 1. The van der Waals surface area contributed by atoms with E-state index < -0.39 is 10.0 Å². The van der Waals surface area contributed by atoms with Crippen LogP contribution in [0.3, 0.4) is 0 Å². The van der Waals surface area contributed by atoms with Crippen LogP contribution in [0.15, 0.2) is 29.2 Å². The minimum absolute atomic E-state index is 0.0333. The number of rotatable bonds is 6. The lowest BCUT2D eigenvalue weighted by Gasteiger charge is -2.44. The van der Waals surface area contributed by atoms with E-state index in [0.717, 1.165) is 52.0 Å². The van der Waals surface area contributed by atoms with E-state index in [9.17, 15) is 13.2 Å². The molecule has 0 bridgehead atoms. The number of morpholine rings is 1. The minimum atomic E-state index is -3.58. The SMILES string of the molecule is CC(=O)c1ccc(S(=O)(=O)NCC2([NH+]3CCOCC3)CCCCC2)cc1. The molecule has 1 aromatic rings. The van der Waals surface area contributed by atoms with Crippen molar-refractivity contribution >= 4 is 15.8 Å². The highest BCUT2D eigenvalue weighted by Crippen LogP contribution is 2.26. The summed E-state index contributed by atoms with van der Waals surface area (Å²) < 4.78 is 33.9. The molecule has 1 aliphatic heterocycles. The molecule has 6 nitrogen and oxygen atoms in total. The number of benzene rings is 1. The predicted molar refractivity (Wildman–Crippen MR) is 99.0 cm³/mol. The summed E-state index contributed by atoms with van der Waals surface area (Å²) in [6.45, 7) is 5.30. The van der Waals surface area contributed by atoms with Crippen LogP contribution in [0.1, 0.15) is 49.4 Å². The van der Waals surface area contributed by atoms with Crippen LogP contribution < -0.4 is 9.62 Å². The van der Waals surface area contributed by atoms with Crippen molar-refractivity contribution in [3.8, 4) is 0 Å². The fraction of sp³-hybridized carbons (Fsp3) is 0.632. The van der Waals surface area contributed by atoms with Gasteiger partial charge in [0.05, 0.1) is 24.7 Å². The third kappa shape index (κ3) is 4.34. The van der Waals surface area contributed by atoms with Crippen LogP contribution in [-0.4, -0.2) is 52.6 Å². The normalized spacial score (nSPS) is 21.4. The highest BCUT2D eigenvalue weighted by Gasteiger charge is 2.43. The highest BCUT2D eigenvalue weighted by molar-refractivity contribution is 7.89. The largest absolute Gasteiger partial charge is 0.370 e. The topological polar surface area (TPSA) is 76.9 Å². The Morgan fingerprint density at radius 1 is 1.12 bits per heavy atom. The molecule has 0 atom stereocenters. The van der Waals surface area contributed by atoms with Gasteiger partial charge in [-0.1, -0.05) is 18.6 Å². The van der Waals surface area contributed by atoms with Crippen molar-refractivity contribution in [3.05, 3.63) is 29.8 Å². The summed E-state index contributed by atoms with van der Waals surface area (Å²) in [4.78, 5) is 13.1. The van der Waals surface area contributed by atoms with E-state index in [1.165, 1.54) is 30.4 Å². The van der Waals surface area contributed by atoms with E-state index in [0.29, 0.717) is 12.1 Å². The average molecular weight is 382 g/mol. The zero-order valence-corrected chi connectivity index (χ0v) is 16.2. The summed E-state index contributed by atoms with van der Waals surface area (Å²) in [6, 6.07) is 6.16. The summed E-state index contributed by atoms with van der Waals surface area (Å²) in [6.07, 6.45) is 5.63. The Morgan fingerprint density at radius 2 is 1.73 bits per heavy atom. The van der Waals surface area contributed by atoms with Gasteiger partial charge in [0, 0.05) is 18.4 Å². The Hall–Kier alpha value is -1.28. The molecule has 0 aromatic heterocycles. The fourth-order valence-corrected chi connectivity index (χ4v) is 5.34. The lowest BCUT2D eigenvalue weighted by Crippen LogP contribution is -3.23. The minimum Gasteiger partial charge on any atom is -0.370 e. The van der Waals surface area contributed by atoms with E-state index in [4.69, 9.17) is 4.74 Å². The maximum atomic E-state index is 12.8. The van der Waals surface area contributed by atoms with E-state index in [2.05, 4.69) is 4.72 Å². The Morgan fingerprint density at radius 3 is 2.31 bits per heavy atom. The summed E-state index contributed by atoms with van der Waals surface area (Å²) >= 11 is 0. The molecule has 1 aromatic carbocycles. The first kappa shape index (κ1) is 19.5. The quantitative estimate of drug-likeness (QED) is 0.714. The zero-order valence-electron chi connectivity index (χ0n) is 15.4. The maximum absolute atomic E-state index is 12.8. The van der Waals surface area contributed by atoms with Crippen molar-refractivity contribution in [1.82, 2.24) is 4.72 Å². The van der Waals surface area contributed by atoms with Crippen LogP contribution in [0.25, 0.3) is 0 Å². The number of Topliss-reactive ketones (excluding diaryl/α,β-unsaturated/α-hetero) is 1. The smallest absolute Gasteiger partial charge is 0.240 e. The van der Waals surface area contributed by atoms with Crippen LogP contribution in [0.2, 0.25) is 0 Å². The van der Waals surface area contributed by atoms with Gasteiger partial charge in [-0.05, 0) is 31.9 Å². The average Bonchev–Trinajstić information content (AvgIpc) is 2.68. The first-order valence-electron chi connectivity index (χ1n) is 9.47. The van der Waals surface area contributed by atoms with Crippen molar-refractivity contribution in [2.24, 2.45) is 0 Å². The Kier molecular flexibility index (Phi) is 6.12. The molecule has 7 heteroatoms. The van der Waals surface area contributed by atoms with Gasteiger partial charge in [0.1, 0.15) is 18.6 Å². The molecule has 1 aliphatic carbocycles. The van der Waals surface area contributed by atoms with Crippen molar-refractivity contribution in [1.29, 1.82) is 0 Å². The summed E-state index contributed by atoms with van der Waals surface area (Å²) in [5.41, 5.74) is 0.486. The highest BCUT2D eigenvalue weighted by atomic mass is 32.2. The van der Waals surface area contributed by atoms with Crippen molar-refractivity contribution in [2.45, 2.75) is 49.5 Å². The second-order valence-corrected chi connectivity index (χ2v) is 9.23. The zero-order chi connectivity index (χ0) is 18.6. The molecule has 2 fully saturated rings. The number of carbonyl (C=O) groups excluding carboxylic acids is 1. The van der Waals surface area contributed by atoms with E-state index in [1.54, 1.807) is 12.1 Å². The van der Waals surface area contributed by atoms with Gasteiger partial charge >= 0.3 is 0 Å². The number of quaternary nitrogens is 1. The second kappa shape index (κ2) is 8.17. The van der Waals surface area contributed by atoms with Crippen LogP contribution in [0.4, 0.5) is 0 Å². The second-order valence-electron chi connectivity index (χ2n) is 7.46. The molecule has 1 heterocycles. The molecule has 26 heavy (non-hydrogen) atoms. The number of hydrogen-bond donors (Lipinski definition) is 2. The molecule has 1 saturated carbocycles. The molecule has 2 aliphatic rings. The van der Waals surface area contributed by atoms with Crippen LogP contribution in [0, 0.1) is 0 Å². The van der Waals surface area contributed by atoms with E-state index in [1.807, 2.05) is 0 Å².